The molecule has 3 aliphatic rings. The van der Waals surface area contributed by atoms with Crippen molar-refractivity contribution < 1.29 is 9.47 Å². The Morgan fingerprint density at radius 2 is 2.08 bits per heavy atom. The van der Waals surface area contributed by atoms with Crippen LogP contribution in [0.15, 0.2) is 41.6 Å². The van der Waals surface area contributed by atoms with Crippen LogP contribution >= 0.6 is 12.2 Å². The fourth-order valence-electron chi connectivity index (χ4n) is 3.95. The largest absolute Gasteiger partial charge is 0.376 e. The number of ether oxygens (including phenoxy) is 2. The minimum absolute atomic E-state index is 0.0607. The number of benzene rings is 1. The van der Waals surface area contributed by atoms with Crippen LogP contribution in [0, 0.1) is 0 Å². The van der Waals surface area contributed by atoms with Crippen molar-refractivity contribution >= 4 is 17.2 Å². The Kier molecular flexibility index (Phi) is 4.56. The van der Waals surface area contributed by atoms with E-state index in [0.717, 1.165) is 43.0 Å². The van der Waals surface area contributed by atoms with Crippen molar-refractivity contribution in [3.05, 3.63) is 47.2 Å². The molecule has 3 heterocycles. The molecule has 4 rings (SSSR count). The van der Waals surface area contributed by atoms with E-state index in [9.17, 15) is 0 Å². The number of nitrogens with zero attached hydrogens (tertiary/aromatic N) is 1. The van der Waals surface area contributed by atoms with Gasteiger partial charge in [-0.1, -0.05) is 42.5 Å². The van der Waals surface area contributed by atoms with E-state index in [2.05, 4.69) is 54.4 Å². The molecule has 0 bridgehead atoms. The highest BCUT2D eigenvalue weighted by Gasteiger charge is 2.39. The van der Waals surface area contributed by atoms with Crippen LogP contribution in [0.1, 0.15) is 44.8 Å². The highest BCUT2D eigenvalue weighted by Crippen LogP contribution is 2.38. The maximum absolute atomic E-state index is 6.02. The third-order valence-electron chi connectivity index (χ3n) is 5.29. The zero-order valence-electron chi connectivity index (χ0n) is 15.0. The van der Waals surface area contributed by atoms with Crippen molar-refractivity contribution in [2.75, 3.05) is 19.8 Å². The molecule has 0 radical (unpaired) electrons. The molecule has 2 atom stereocenters. The molecule has 0 unspecified atom stereocenters. The lowest BCUT2D eigenvalue weighted by Gasteiger charge is -2.47. The molecular formula is C20H26N2O2S. The maximum atomic E-state index is 6.02. The van der Waals surface area contributed by atoms with Crippen LogP contribution in [0.4, 0.5) is 0 Å². The van der Waals surface area contributed by atoms with Crippen molar-refractivity contribution in [2.45, 2.75) is 51.0 Å². The van der Waals surface area contributed by atoms with E-state index < -0.39 is 0 Å². The summed E-state index contributed by atoms with van der Waals surface area (Å²) >= 11 is 5.68. The van der Waals surface area contributed by atoms with E-state index in [-0.39, 0.29) is 11.8 Å². The molecule has 25 heavy (non-hydrogen) atoms. The maximum Gasteiger partial charge on any atom is 0.126 e. The molecule has 0 spiro atoms. The highest BCUT2D eigenvalue weighted by molar-refractivity contribution is 7.80. The third-order valence-corrected chi connectivity index (χ3v) is 5.65. The van der Waals surface area contributed by atoms with Crippen molar-refractivity contribution in [2.24, 2.45) is 0 Å². The normalized spacial score (nSPS) is 28.7. The highest BCUT2D eigenvalue weighted by atomic mass is 32.1. The summed E-state index contributed by atoms with van der Waals surface area (Å²) in [5, 5.41) is 3.55. The summed E-state index contributed by atoms with van der Waals surface area (Å²) in [7, 11) is 0. The molecule has 1 aromatic rings. The molecule has 4 nitrogen and oxygen atoms in total. The Hall–Kier alpha value is -1.43. The van der Waals surface area contributed by atoms with E-state index in [0.29, 0.717) is 12.7 Å². The topological polar surface area (TPSA) is 33.7 Å². The van der Waals surface area contributed by atoms with Gasteiger partial charge in [0.2, 0.25) is 0 Å². The average Bonchev–Trinajstić information content (AvgIpc) is 3.10. The number of rotatable bonds is 3. The van der Waals surface area contributed by atoms with Crippen LogP contribution < -0.4 is 5.32 Å². The Morgan fingerprint density at radius 1 is 1.28 bits per heavy atom. The van der Waals surface area contributed by atoms with Gasteiger partial charge in [-0.3, -0.25) is 0 Å². The molecule has 0 aliphatic carbocycles. The Morgan fingerprint density at radius 3 is 2.80 bits per heavy atom. The molecule has 1 N–H and O–H groups in total. The molecule has 5 heteroatoms. The minimum atomic E-state index is -0.165. The summed E-state index contributed by atoms with van der Waals surface area (Å²) in [5.41, 5.74) is 3.53. The van der Waals surface area contributed by atoms with Crippen LogP contribution in [-0.2, 0) is 9.47 Å². The smallest absolute Gasteiger partial charge is 0.126 e. The zero-order valence-corrected chi connectivity index (χ0v) is 15.8. The Bertz CT molecular complexity index is 680. The summed E-state index contributed by atoms with van der Waals surface area (Å²) < 4.78 is 12.0. The van der Waals surface area contributed by atoms with Gasteiger partial charge in [0.25, 0.3) is 0 Å². The van der Waals surface area contributed by atoms with Crippen LogP contribution in [0.2, 0.25) is 0 Å². The fourth-order valence-corrected chi connectivity index (χ4v) is 4.24. The van der Waals surface area contributed by atoms with Crippen LogP contribution in [0.25, 0.3) is 0 Å². The monoisotopic (exact) mass is 358 g/mol. The molecule has 3 aliphatic heterocycles. The van der Waals surface area contributed by atoms with E-state index in [4.69, 9.17) is 21.7 Å². The predicted octanol–water partition coefficient (Wildman–Crippen LogP) is 3.55. The number of thiocarbonyl (C=S) groups is 1. The lowest BCUT2D eigenvalue weighted by molar-refractivity contribution is -0.0289. The molecule has 1 aromatic carbocycles. The van der Waals surface area contributed by atoms with Crippen LogP contribution in [0.5, 0.6) is 0 Å². The number of hydrogen-bond donors (Lipinski definition) is 1. The Labute approximate surface area is 155 Å². The van der Waals surface area contributed by atoms with Crippen molar-refractivity contribution in [1.29, 1.82) is 0 Å². The van der Waals surface area contributed by atoms with E-state index >= 15 is 0 Å². The van der Waals surface area contributed by atoms with Gasteiger partial charge in [-0.05, 0) is 32.3 Å². The van der Waals surface area contributed by atoms with Gasteiger partial charge in [0.15, 0.2) is 0 Å². The molecule has 0 aromatic heterocycles. The molecule has 1 fully saturated rings. The van der Waals surface area contributed by atoms with Gasteiger partial charge in [0.1, 0.15) is 11.2 Å². The van der Waals surface area contributed by atoms with Crippen LogP contribution in [-0.4, -0.2) is 41.4 Å². The van der Waals surface area contributed by atoms with Gasteiger partial charge >= 0.3 is 0 Å². The van der Waals surface area contributed by atoms with Gasteiger partial charge in [-0.2, -0.15) is 0 Å². The quantitative estimate of drug-likeness (QED) is 0.836. The first-order valence-electron chi connectivity index (χ1n) is 9.13. The van der Waals surface area contributed by atoms with Gasteiger partial charge in [-0.25, -0.2) is 0 Å². The Balaban J connectivity index is 1.72. The standard InChI is InChI=1S/C20H26N2O2S/c1-20(2)11-17-16(13-24-20)19(25)21-18(14-7-4-3-5-8-14)22(17)12-15-9-6-10-23-15/h3-5,7-8,15,18H,6,9-13H2,1-2H3,(H,21,25)/t15-,18+/m0/s1. The van der Waals surface area contributed by atoms with Crippen molar-refractivity contribution in [1.82, 2.24) is 10.2 Å². The second-order valence-electron chi connectivity index (χ2n) is 7.72. The summed E-state index contributed by atoms with van der Waals surface area (Å²) in [5.74, 6) is 0. The first-order valence-corrected chi connectivity index (χ1v) is 9.54. The summed E-state index contributed by atoms with van der Waals surface area (Å²) in [4.78, 5) is 3.30. The summed E-state index contributed by atoms with van der Waals surface area (Å²) in [6.45, 7) is 6.66. The SMILES string of the molecule is CC1(C)CC2=C(CO1)C(=S)N[C@@H](c1ccccc1)N2C[C@@H]1CCCO1. The van der Waals surface area contributed by atoms with Crippen molar-refractivity contribution in [3.63, 3.8) is 0 Å². The number of hydrogen-bond acceptors (Lipinski definition) is 4. The summed E-state index contributed by atoms with van der Waals surface area (Å²) in [6.07, 6.45) is 3.51. The molecule has 0 amide bonds. The average molecular weight is 359 g/mol. The first kappa shape index (κ1) is 17.0. The first-order chi connectivity index (χ1) is 12.0. The molecule has 0 saturated carbocycles. The second kappa shape index (κ2) is 6.71. The van der Waals surface area contributed by atoms with Gasteiger partial charge in [-0.15, -0.1) is 0 Å². The van der Waals surface area contributed by atoms with E-state index in [1.54, 1.807) is 0 Å². The number of nitrogens with one attached hydrogen (secondary N) is 1. The van der Waals surface area contributed by atoms with Crippen molar-refractivity contribution in [3.8, 4) is 0 Å². The van der Waals surface area contributed by atoms with Crippen LogP contribution in [0.3, 0.4) is 0 Å². The third kappa shape index (κ3) is 3.46. The predicted molar refractivity (Wildman–Crippen MR) is 102 cm³/mol. The van der Waals surface area contributed by atoms with Gasteiger partial charge in [0, 0.05) is 30.8 Å². The lowest BCUT2D eigenvalue weighted by Crippen LogP contribution is -2.52. The van der Waals surface area contributed by atoms with Gasteiger partial charge in [0.05, 0.1) is 18.3 Å². The summed E-state index contributed by atoms with van der Waals surface area (Å²) in [6, 6.07) is 10.6. The fraction of sp³-hybridized carbons (Fsp3) is 0.550. The van der Waals surface area contributed by atoms with E-state index in [1.165, 1.54) is 11.3 Å². The molecule has 134 valence electrons. The lowest BCUT2D eigenvalue weighted by atomic mass is 9.92. The van der Waals surface area contributed by atoms with Gasteiger partial charge < -0.3 is 19.7 Å². The molecule has 1 saturated heterocycles. The minimum Gasteiger partial charge on any atom is -0.376 e. The van der Waals surface area contributed by atoms with E-state index in [1.807, 2.05) is 0 Å². The molecular weight excluding hydrogens is 332 g/mol. The second-order valence-corrected chi connectivity index (χ2v) is 8.13. The zero-order chi connectivity index (χ0) is 17.4.